The van der Waals surface area contributed by atoms with Crippen molar-refractivity contribution in [2.24, 2.45) is 5.41 Å². The number of terminal acetylenes is 1. The summed E-state index contributed by atoms with van der Waals surface area (Å²) in [6.45, 7) is 2.84. The molecule has 0 amide bonds. The molecule has 0 radical (unpaired) electrons. The Balaban J connectivity index is 2.31. The van der Waals surface area contributed by atoms with Gasteiger partial charge in [-0.15, -0.1) is 12.3 Å². The number of ether oxygens (including phenoxy) is 2. The van der Waals surface area contributed by atoms with Gasteiger partial charge in [-0.25, -0.2) is 0 Å². The van der Waals surface area contributed by atoms with Crippen LogP contribution in [0.3, 0.4) is 0 Å². The lowest BCUT2D eigenvalue weighted by Gasteiger charge is -2.45. The summed E-state index contributed by atoms with van der Waals surface area (Å²) in [5, 5.41) is 8.98. The zero-order chi connectivity index (χ0) is 14.1. The molecule has 1 aliphatic rings. The molecule has 2 atom stereocenters. The minimum atomic E-state index is -0.443. The van der Waals surface area contributed by atoms with Crippen LogP contribution < -0.4 is 0 Å². The molecule has 0 bridgehead atoms. The van der Waals surface area contributed by atoms with Gasteiger partial charge in [0.1, 0.15) is 6.61 Å². The van der Waals surface area contributed by atoms with E-state index in [-0.39, 0.29) is 18.0 Å². The Morgan fingerprint density at radius 3 is 2.89 bits per heavy atom. The number of nitriles is 1. The number of hydrogen-bond donors (Lipinski definition) is 0. The molecule has 104 valence electrons. The number of carbonyl (C=O) groups is 1. The Labute approximate surface area is 115 Å². The minimum absolute atomic E-state index is 0.212. The van der Waals surface area contributed by atoms with Gasteiger partial charge < -0.3 is 9.47 Å². The van der Waals surface area contributed by atoms with Crippen LogP contribution in [0.4, 0.5) is 0 Å². The molecule has 0 aromatic heterocycles. The van der Waals surface area contributed by atoms with Gasteiger partial charge in [0.2, 0.25) is 0 Å². The summed E-state index contributed by atoms with van der Waals surface area (Å²) in [5.41, 5.74) is -0.294. The molecule has 19 heavy (non-hydrogen) atoms. The highest BCUT2D eigenvalue weighted by atomic mass is 16.6. The first-order valence-corrected chi connectivity index (χ1v) is 6.79. The maximum absolute atomic E-state index is 11.6. The van der Waals surface area contributed by atoms with Crippen LogP contribution in [0, 0.1) is 29.1 Å². The highest BCUT2D eigenvalue weighted by Gasteiger charge is 2.49. The van der Waals surface area contributed by atoms with E-state index in [0.29, 0.717) is 19.4 Å². The Hall–Kier alpha value is -1.52. The van der Waals surface area contributed by atoms with Crippen LogP contribution in [-0.2, 0) is 14.3 Å². The van der Waals surface area contributed by atoms with Crippen molar-refractivity contribution in [1.29, 1.82) is 5.26 Å². The molecule has 0 aromatic rings. The molecule has 0 spiro atoms. The first kappa shape index (κ1) is 15.5. The molecular formula is C15H21NO3. The van der Waals surface area contributed by atoms with Crippen molar-refractivity contribution in [3.05, 3.63) is 0 Å². The average Bonchev–Trinajstić information content (AvgIpc) is 2.39. The van der Waals surface area contributed by atoms with Crippen molar-refractivity contribution < 1.29 is 14.3 Å². The predicted molar refractivity (Wildman–Crippen MR) is 71.0 cm³/mol. The van der Waals surface area contributed by atoms with E-state index in [1.54, 1.807) is 0 Å². The topological polar surface area (TPSA) is 59.3 Å². The van der Waals surface area contributed by atoms with E-state index in [9.17, 15) is 4.79 Å². The predicted octanol–water partition coefficient (Wildman–Crippen LogP) is 2.43. The lowest BCUT2D eigenvalue weighted by Crippen LogP contribution is -2.54. The van der Waals surface area contributed by atoms with Crippen molar-refractivity contribution in [2.45, 2.75) is 51.6 Å². The fourth-order valence-corrected chi connectivity index (χ4v) is 2.26. The summed E-state index contributed by atoms with van der Waals surface area (Å²) < 4.78 is 10.5. The molecule has 0 aromatic carbocycles. The maximum Gasteiger partial charge on any atom is 0.305 e. The number of nitrogens with zero attached hydrogens (tertiary/aromatic N) is 1. The molecule has 0 saturated carbocycles. The van der Waals surface area contributed by atoms with Crippen molar-refractivity contribution >= 4 is 5.97 Å². The van der Waals surface area contributed by atoms with E-state index < -0.39 is 6.10 Å². The molecule has 1 saturated heterocycles. The zero-order valence-electron chi connectivity index (χ0n) is 11.5. The van der Waals surface area contributed by atoms with Gasteiger partial charge in [-0.2, -0.15) is 5.26 Å². The van der Waals surface area contributed by atoms with Gasteiger partial charge in [0, 0.05) is 12.8 Å². The second kappa shape index (κ2) is 7.81. The van der Waals surface area contributed by atoms with E-state index in [4.69, 9.17) is 21.2 Å². The van der Waals surface area contributed by atoms with Crippen LogP contribution in [0.15, 0.2) is 0 Å². The van der Waals surface area contributed by atoms with Gasteiger partial charge in [-0.3, -0.25) is 4.79 Å². The number of carbonyl (C=O) groups excluding carboxylic acids is 1. The van der Waals surface area contributed by atoms with E-state index in [1.165, 1.54) is 0 Å². The van der Waals surface area contributed by atoms with Crippen LogP contribution in [0.5, 0.6) is 0 Å². The van der Waals surface area contributed by atoms with Gasteiger partial charge >= 0.3 is 5.97 Å². The summed E-state index contributed by atoms with van der Waals surface area (Å²) >= 11 is 0. The zero-order valence-corrected chi connectivity index (χ0v) is 11.5. The fourth-order valence-electron chi connectivity index (χ4n) is 2.26. The van der Waals surface area contributed by atoms with E-state index in [0.717, 1.165) is 25.7 Å². The third-order valence-corrected chi connectivity index (χ3v) is 3.43. The summed E-state index contributed by atoms with van der Waals surface area (Å²) in [6, 6.07) is 2.13. The summed E-state index contributed by atoms with van der Waals surface area (Å²) in [6.07, 6.45) is 9.16. The second-order valence-electron chi connectivity index (χ2n) is 5.00. The number of rotatable bonds is 8. The average molecular weight is 263 g/mol. The van der Waals surface area contributed by atoms with E-state index in [1.807, 2.05) is 0 Å². The Kier molecular flexibility index (Phi) is 6.39. The third-order valence-electron chi connectivity index (χ3n) is 3.43. The van der Waals surface area contributed by atoms with Gasteiger partial charge in [0.15, 0.2) is 6.10 Å². The first-order chi connectivity index (χ1) is 9.18. The maximum atomic E-state index is 11.6. The summed E-state index contributed by atoms with van der Waals surface area (Å²) in [7, 11) is 0. The lowest BCUT2D eigenvalue weighted by atomic mass is 9.76. The number of esters is 1. The highest BCUT2D eigenvalue weighted by molar-refractivity contribution is 5.69. The first-order valence-electron chi connectivity index (χ1n) is 6.79. The molecular weight excluding hydrogens is 242 g/mol. The van der Waals surface area contributed by atoms with E-state index >= 15 is 0 Å². The monoisotopic (exact) mass is 263 g/mol. The van der Waals surface area contributed by atoms with Gasteiger partial charge in [-0.1, -0.05) is 13.3 Å². The minimum Gasteiger partial charge on any atom is -0.465 e. The van der Waals surface area contributed by atoms with Gasteiger partial charge in [-0.05, 0) is 19.3 Å². The van der Waals surface area contributed by atoms with Crippen LogP contribution in [0.2, 0.25) is 0 Å². The third kappa shape index (κ3) is 4.26. The van der Waals surface area contributed by atoms with Crippen molar-refractivity contribution in [3.63, 3.8) is 0 Å². The molecule has 1 fully saturated rings. The lowest BCUT2D eigenvalue weighted by molar-refractivity contribution is -0.194. The molecule has 1 rings (SSSR count). The molecule has 1 aliphatic heterocycles. The fraction of sp³-hybridized carbons (Fsp3) is 0.733. The second-order valence-corrected chi connectivity index (χ2v) is 5.00. The Morgan fingerprint density at radius 2 is 2.37 bits per heavy atom. The SMILES string of the molecule is C#CCCCCC(=O)OCC1(CCC)COC1C#N. The van der Waals surface area contributed by atoms with Gasteiger partial charge in [0.25, 0.3) is 0 Å². The van der Waals surface area contributed by atoms with Crippen LogP contribution in [-0.4, -0.2) is 25.3 Å². The van der Waals surface area contributed by atoms with Crippen molar-refractivity contribution in [3.8, 4) is 18.4 Å². The Bertz CT molecular complexity index is 380. The van der Waals surface area contributed by atoms with Crippen LogP contribution >= 0.6 is 0 Å². The molecule has 2 unspecified atom stereocenters. The summed E-state index contributed by atoms with van der Waals surface area (Å²) in [5.74, 6) is 2.33. The number of hydrogen-bond acceptors (Lipinski definition) is 4. The largest absolute Gasteiger partial charge is 0.465 e. The van der Waals surface area contributed by atoms with E-state index in [2.05, 4.69) is 18.9 Å². The standard InChI is InChI=1S/C15H21NO3/c1-3-5-6-7-8-14(17)19-12-15(9-4-2)11-18-13(15)10-16/h1,13H,4-9,11-12H2,2H3. The molecule has 0 aliphatic carbocycles. The van der Waals surface area contributed by atoms with Crippen LogP contribution in [0.1, 0.15) is 45.4 Å². The molecule has 4 heteroatoms. The molecule has 0 N–H and O–H groups in total. The summed E-state index contributed by atoms with van der Waals surface area (Å²) in [4.78, 5) is 11.6. The number of unbranched alkanes of at least 4 members (excludes halogenated alkanes) is 2. The highest BCUT2D eigenvalue weighted by Crippen LogP contribution is 2.39. The van der Waals surface area contributed by atoms with Crippen molar-refractivity contribution in [1.82, 2.24) is 0 Å². The molecule has 4 nitrogen and oxygen atoms in total. The normalized spacial score (nSPS) is 24.9. The van der Waals surface area contributed by atoms with Crippen LogP contribution in [0.25, 0.3) is 0 Å². The smallest absolute Gasteiger partial charge is 0.305 e. The Morgan fingerprint density at radius 1 is 1.58 bits per heavy atom. The quantitative estimate of drug-likeness (QED) is 0.383. The molecule has 1 heterocycles. The van der Waals surface area contributed by atoms with Gasteiger partial charge in [0.05, 0.1) is 18.1 Å². The van der Waals surface area contributed by atoms with Crippen molar-refractivity contribution in [2.75, 3.05) is 13.2 Å².